The first-order valence-corrected chi connectivity index (χ1v) is 11.6. The third kappa shape index (κ3) is 7.91. The van der Waals surface area contributed by atoms with Crippen molar-refractivity contribution >= 4 is 45.3 Å². The number of benzene rings is 2. The van der Waals surface area contributed by atoms with Crippen LogP contribution in [0, 0.1) is 0 Å². The molecule has 2 rings (SSSR count). The van der Waals surface area contributed by atoms with Crippen LogP contribution in [0.5, 0.6) is 0 Å². The number of hydrogen-bond acceptors (Lipinski definition) is 1. The Balaban J connectivity index is 2.24. The molecular weight excluding hydrogens is 411 g/mol. The summed E-state index contributed by atoms with van der Waals surface area (Å²) in [5.41, 5.74) is 4.24. The van der Waals surface area contributed by atoms with E-state index in [4.69, 9.17) is 0 Å². The number of unbranched alkanes of at least 4 members (excludes halogenated alkanes) is 1. The minimum absolute atomic E-state index is 0.241. The molecule has 0 nitrogen and oxygen atoms in total. The third-order valence-electron chi connectivity index (χ3n) is 4.54. The molecule has 0 aliphatic carbocycles. The zero-order valence-electron chi connectivity index (χ0n) is 17.4. The average Bonchev–Trinajstić information content (AvgIpc) is 2.61. The topological polar surface area (TPSA) is 0 Å². The molecule has 0 fully saturated rings. The van der Waals surface area contributed by atoms with Gasteiger partial charge in [0.15, 0.2) is 0 Å². The summed E-state index contributed by atoms with van der Waals surface area (Å²) in [5.74, 6) is 0. The van der Waals surface area contributed by atoms with Gasteiger partial charge < -0.3 is 0 Å². The van der Waals surface area contributed by atoms with E-state index in [9.17, 15) is 0 Å². The van der Waals surface area contributed by atoms with Gasteiger partial charge in [-0.3, -0.25) is 0 Å². The van der Waals surface area contributed by atoms with Crippen molar-refractivity contribution in [1.29, 1.82) is 0 Å². The van der Waals surface area contributed by atoms with Crippen molar-refractivity contribution < 1.29 is 0 Å². The van der Waals surface area contributed by atoms with Gasteiger partial charge in [-0.1, -0.05) is 103 Å². The van der Waals surface area contributed by atoms with Crippen LogP contribution >= 0.6 is 27.7 Å². The maximum absolute atomic E-state index is 3.59. The molecule has 0 N–H and O–H groups in total. The van der Waals surface area contributed by atoms with E-state index in [0.717, 1.165) is 6.32 Å². The van der Waals surface area contributed by atoms with Gasteiger partial charge in [0.25, 0.3) is 0 Å². The highest BCUT2D eigenvalue weighted by Crippen LogP contribution is 2.31. The first-order valence-electron chi connectivity index (χ1n) is 9.98. The molecule has 0 saturated carbocycles. The zero-order valence-corrected chi connectivity index (χ0v) is 19.8. The summed E-state index contributed by atoms with van der Waals surface area (Å²) in [4.78, 5) is 1.34. The van der Waals surface area contributed by atoms with Gasteiger partial charge in [0, 0.05) is 9.64 Å². The molecule has 2 aromatic carbocycles. The highest BCUT2D eigenvalue weighted by atomic mass is 79.9. The lowest BCUT2D eigenvalue weighted by Crippen LogP contribution is -2.41. The fraction of sp³-hybridized carbons (Fsp3) is 0.417. The Hall–Kier alpha value is -0.925. The molecule has 0 atom stereocenters. The summed E-state index contributed by atoms with van der Waals surface area (Å²) in [6, 6.07) is 18.4. The molecule has 0 aromatic heterocycles. The van der Waals surface area contributed by atoms with E-state index in [-0.39, 0.29) is 4.75 Å². The molecule has 0 bridgehead atoms. The quantitative estimate of drug-likeness (QED) is 0.319. The second-order valence-electron chi connectivity index (χ2n) is 8.21. The van der Waals surface area contributed by atoms with Crippen molar-refractivity contribution in [2.45, 2.75) is 69.8 Å². The van der Waals surface area contributed by atoms with Crippen molar-refractivity contribution in [2.24, 2.45) is 0 Å². The number of halogens is 1. The lowest BCUT2D eigenvalue weighted by Gasteiger charge is -2.19. The van der Waals surface area contributed by atoms with Gasteiger partial charge in [0.05, 0.1) is 0 Å². The van der Waals surface area contributed by atoms with E-state index in [1.165, 1.54) is 45.1 Å². The van der Waals surface area contributed by atoms with Crippen LogP contribution in [0.2, 0.25) is 6.32 Å². The van der Waals surface area contributed by atoms with Crippen LogP contribution in [0.1, 0.15) is 53.0 Å². The second-order valence-corrected chi connectivity index (χ2v) is 11.4. The van der Waals surface area contributed by atoms with E-state index in [0.29, 0.717) is 6.71 Å². The van der Waals surface area contributed by atoms with Crippen molar-refractivity contribution in [3.8, 4) is 0 Å². The molecule has 0 saturated heterocycles. The Morgan fingerprint density at radius 3 is 2.04 bits per heavy atom. The maximum atomic E-state index is 3.59. The standard InChI is InChI=1S/C24H32BBrS/c1-6-7-8-20-9-11-21(12-10-20)25(18-17-19(2)26)22-13-15-23(16-14-22)27-24(3,4)5/h9-17H,6-8,18H2,1-5H3. The molecule has 144 valence electrons. The molecule has 0 amide bonds. The molecule has 3 heteroatoms. The molecule has 0 unspecified atom stereocenters. The molecule has 2 aromatic rings. The second kappa shape index (κ2) is 10.6. The SMILES string of the molecule is CCCCc1ccc(B(CC=C(C)Br)c2ccc(SC(C)(C)C)cc2)cc1. The molecule has 0 radical (unpaired) electrons. The van der Waals surface area contributed by atoms with Crippen molar-refractivity contribution in [3.05, 3.63) is 64.7 Å². The van der Waals surface area contributed by atoms with Crippen LogP contribution in [-0.4, -0.2) is 11.5 Å². The molecule has 0 spiro atoms. The highest BCUT2D eigenvalue weighted by molar-refractivity contribution is 9.11. The van der Waals surface area contributed by atoms with Crippen molar-refractivity contribution in [3.63, 3.8) is 0 Å². The van der Waals surface area contributed by atoms with E-state index < -0.39 is 0 Å². The first kappa shape index (κ1) is 22.4. The summed E-state index contributed by atoms with van der Waals surface area (Å²) < 4.78 is 1.44. The average molecular weight is 443 g/mol. The number of thioether (sulfide) groups is 1. The van der Waals surface area contributed by atoms with Gasteiger partial charge >= 0.3 is 0 Å². The van der Waals surface area contributed by atoms with E-state index in [2.05, 4.69) is 105 Å². The Labute approximate surface area is 179 Å². The van der Waals surface area contributed by atoms with Crippen LogP contribution in [0.4, 0.5) is 0 Å². The first-order chi connectivity index (χ1) is 12.8. The van der Waals surface area contributed by atoms with E-state index in [1.54, 1.807) is 0 Å². The van der Waals surface area contributed by atoms with Crippen LogP contribution in [0.15, 0.2) is 64.0 Å². The van der Waals surface area contributed by atoms with E-state index in [1.807, 2.05) is 11.8 Å². The van der Waals surface area contributed by atoms with Gasteiger partial charge in [-0.25, -0.2) is 0 Å². The van der Waals surface area contributed by atoms with Gasteiger partial charge in [-0.05, 0) is 48.3 Å². The molecule has 27 heavy (non-hydrogen) atoms. The number of aryl methyl sites for hydroxylation is 1. The molecule has 0 aliphatic heterocycles. The third-order valence-corrected chi connectivity index (χ3v) is 5.99. The zero-order chi connectivity index (χ0) is 19.9. The Morgan fingerprint density at radius 2 is 1.56 bits per heavy atom. The monoisotopic (exact) mass is 442 g/mol. The van der Waals surface area contributed by atoms with Gasteiger partial charge in [-0.15, -0.1) is 11.8 Å². The summed E-state index contributed by atoms with van der Waals surface area (Å²) in [5, 5.41) is 0. The van der Waals surface area contributed by atoms with Crippen LogP contribution < -0.4 is 10.9 Å². The van der Waals surface area contributed by atoms with Gasteiger partial charge in [0.2, 0.25) is 6.71 Å². The summed E-state index contributed by atoms with van der Waals surface area (Å²) in [6.07, 6.45) is 6.99. The van der Waals surface area contributed by atoms with Crippen molar-refractivity contribution in [1.82, 2.24) is 0 Å². The van der Waals surface area contributed by atoms with Crippen LogP contribution in [0.25, 0.3) is 0 Å². The van der Waals surface area contributed by atoms with E-state index >= 15 is 0 Å². The number of hydrogen-bond donors (Lipinski definition) is 0. The number of allylic oxidation sites excluding steroid dienone is 2. The molecule has 0 heterocycles. The van der Waals surface area contributed by atoms with Crippen LogP contribution in [0.3, 0.4) is 0 Å². The summed E-state index contributed by atoms with van der Waals surface area (Å²) in [7, 11) is 0. The fourth-order valence-corrected chi connectivity index (χ4v) is 4.33. The van der Waals surface area contributed by atoms with Crippen LogP contribution in [-0.2, 0) is 6.42 Å². The predicted octanol–water partition coefficient (Wildman–Crippen LogP) is 6.83. The largest absolute Gasteiger partial charge is 0.213 e. The van der Waals surface area contributed by atoms with Gasteiger partial charge in [0.1, 0.15) is 0 Å². The smallest absolute Gasteiger partial charge is 0.120 e. The Kier molecular flexibility index (Phi) is 8.76. The fourth-order valence-electron chi connectivity index (χ4n) is 3.16. The maximum Gasteiger partial charge on any atom is 0.213 e. The minimum atomic E-state index is 0.241. The molecule has 0 aliphatic rings. The Bertz CT molecular complexity index is 722. The van der Waals surface area contributed by atoms with Gasteiger partial charge in [-0.2, -0.15) is 0 Å². The predicted molar refractivity (Wildman–Crippen MR) is 130 cm³/mol. The number of rotatable bonds is 8. The lowest BCUT2D eigenvalue weighted by atomic mass is 9.38. The van der Waals surface area contributed by atoms with Crippen molar-refractivity contribution in [2.75, 3.05) is 0 Å². The molecular formula is C24H32BBrS. The highest BCUT2D eigenvalue weighted by Gasteiger charge is 2.19. The summed E-state index contributed by atoms with van der Waals surface area (Å²) >= 11 is 5.52. The normalized spacial score (nSPS) is 12.3. The lowest BCUT2D eigenvalue weighted by molar-refractivity contribution is 0.795. The summed E-state index contributed by atoms with van der Waals surface area (Å²) in [6.45, 7) is 11.5. The Morgan fingerprint density at radius 1 is 1.00 bits per heavy atom. The minimum Gasteiger partial charge on any atom is -0.120 e.